The third-order valence-corrected chi connectivity index (χ3v) is 5.71. The number of benzene rings is 2. The predicted molar refractivity (Wildman–Crippen MR) is 107 cm³/mol. The molecular formula is C19H23ClN2O4S. The SMILES string of the molecule is CCOc1ccc(S(=O)(=O)N[C@H](C)C(=O)Nc2ccc(C)cc2C)cc1Cl. The van der Waals surface area contributed by atoms with Gasteiger partial charge in [0.1, 0.15) is 5.75 Å². The number of hydrogen-bond donors (Lipinski definition) is 2. The molecule has 0 saturated carbocycles. The van der Waals surface area contributed by atoms with E-state index in [9.17, 15) is 13.2 Å². The van der Waals surface area contributed by atoms with Gasteiger partial charge in [0.2, 0.25) is 15.9 Å². The van der Waals surface area contributed by atoms with Crippen LogP contribution in [0.25, 0.3) is 0 Å². The summed E-state index contributed by atoms with van der Waals surface area (Å²) < 4.78 is 32.7. The normalized spacial score (nSPS) is 12.5. The number of ether oxygens (including phenoxy) is 1. The summed E-state index contributed by atoms with van der Waals surface area (Å²) in [4.78, 5) is 12.3. The minimum atomic E-state index is -3.92. The topological polar surface area (TPSA) is 84.5 Å². The fourth-order valence-electron chi connectivity index (χ4n) is 2.47. The number of sulfonamides is 1. The molecule has 2 rings (SSSR count). The molecule has 8 heteroatoms. The van der Waals surface area contributed by atoms with Crippen molar-refractivity contribution < 1.29 is 17.9 Å². The summed E-state index contributed by atoms with van der Waals surface area (Å²) in [6.07, 6.45) is 0. The lowest BCUT2D eigenvalue weighted by molar-refractivity contribution is -0.117. The van der Waals surface area contributed by atoms with E-state index in [0.717, 1.165) is 11.1 Å². The Labute approximate surface area is 164 Å². The number of aryl methyl sites for hydroxylation is 2. The molecule has 2 aromatic rings. The molecule has 0 spiro atoms. The molecule has 6 nitrogen and oxygen atoms in total. The van der Waals surface area contributed by atoms with Gasteiger partial charge in [0, 0.05) is 5.69 Å². The van der Waals surface area contributed by atoms with Crippen LogP contribution in [0.1, 0.15) is 25.0 Å². The minimum Gasteiger partial charge on any atom is -0.492 e. The summed E-state index contributed by atoms with van der Waals surface area (Å²) in [7, 11) is -3.92. The van der Waals surface area contributed by atoms with Crippen molar-refractivity contribution in [2.45, 2.75) is 38.6 Å². The molecule has 0 heterocycles. The average Bonchev–Trinajstić information content (AvgIpc) is 2.58. The Balaban J connectivity index is 2.12. The highest BCUT2D eigenvalue weighted by Gasteiger charge is 2.23. The van der Waals surface area contributed by atoms with E-state index in [2.05, 4.69) is 10.0 Å². The van der Waals surface area contributed by atoms with Crippen LogP contribution in [0.2, 0.25) is 5.02 Å². The summed E-state index contributed by atoms with van der Waals surface area (Å²) in [5.74, 6) is -0.0543. The van der Waals surface area contributed by atoms with Crippen molar-refractivity contribution in [3.63, 3.8) is 0 Å². The number of anilines is 1. The van der Waals surface area contributed by atoms with Gasteiger partial charge in [0.15, 0.2) is 0 Å². The third kappa shape index (κ3) is 5.45. The third-order valence-electron chi connectivity index (χ3n) is 3.88. The van der Waals surface area contributed by atoms with Gasteiger partial charge in [-0.2, -0.15) is 4.72 Å². The second-order valence-corrected chi connectivity index (χ2v) is 8.30. The molecule has 1 atom stereocenters. The number of carbonyl (C=O) groups is 1. The van der Waals surface area contributed by atoms with Gasteiger partial charge in [0.05, 0.1) is 22.6 Å². The van der Waals surface area contributed by atoms with Gasteiger partial charge in [0.25, 0.3) is 0 Å². The van der Waals surface area contributed by atoms with Crippen LogP contribution in [0.3, 0.4) is 0 Å². The zero-order chi connectivity index (χ0) is 20.2. The molecule has 0 fully saturated rings. The summed E-state index contributed by atoms with van der Waals surface area (Å²) in [6, 6.07) is 8.79. The van der Waals surface area contributed by atoms with Crippen molar-refractivity contribution in [1.29, 1.82) is 0 Å². The minimum absolute atomic E-state index is 0.0397. The van der Waals surface area contributed by atoms with Crippen molar-refractivity contribution in [3.8, 4) is 5.75 Å². The summed E-state index contributed by atoms with van der Waals surface area (Å²) in [5.41, 5.74) is 2.61. The highest BCUT2D eigenvalue weighted by molar-refractivity contribution is 7.89. The molecule has 1 amide bonds. The molecule has 2 N–H and O–H groups in total. The fraction of sp³-hybridized carbons (Fsp3) is 0.316. The van der Waals surface area contributed by atoms with Crippen LogP contribution in [-0.2, 0) is 14.8 Å². The van der Waals surface area contributed by atoms with Gasteiger partial charge < -0.3 is 10.1 Å². The van der Waals surface area contributed by atoms with Crippen molar-refractivity contribution in [1.82, 2.24) is 4.72 Å². The number of nitrogens with one attached hydrogen (secondary N) is 2. The lowest BCUT2D eigenvalue weighted by atomic mass is 10.1. The maximum Gasteiger partial charge on any atom is 0.242 e. The van der Waals surface area contributed by atoms with E-state index in [-0.39, 0.29) is 9.92 Å². The number of hydrogen-bond acceptors (Lipinski definition) is 4. The molecule has 0 unspecified atom stereocenters. The molecule has 0 radical (unpaired) electrons. The molecule has 0 aromatic heterocycles. The molecule has 0 aliphatic rings. The van der Waals surface area contributed by atoms with E-state index in [1.807, 2.05) is 26.0 Å². The van der Waals surface area contributed by atoms with Gasteiger partial charge in [-0.15, -0.1) is 0 Å². The van der Waals surface area contributed by atoms with Crippen molar-refractivity contribution in [2.24, 2.45) is 0 Å². The lowest BCUT2D eigenvalue weighted by Gasteiger charge is -2.16. The van der Waals surface area contributed by atoms with Crippen LogP contribution in [-0.4, -0.2) is 27.0 Å². The highest BCUT2D eigenvalue weighted by Crippen LogP contribution is 2.27. The average molecular weight is 411 g/mol. The summed E-state index contributed by atoms with van der Waals surface area (Å²) in [6.45, 7) is 7.53. The Morgan fingerprint density at radius 2 is 1.89 bits per heavy atom. The number of amides is 1. The van der Waals surface area contributed by atoms with Gasteiger partial charge in [-0.05, 0) is 57.5 Å². The number of halogens is 1. The first-order valence-corrected chi connectivity index (χ1v) is 10.3. The van der Waals surface area contributed by atoms with E-state index < -0.39 is 22.0 Å². The van der Waals surface area contributed by atoms with Crippen LogP contribution in [0.4, 0.5) is 5.69 Å². The molecule has 2 aromatic carbocycles. The van der Waals surface area contributed by atoms with E-state index in [4.69, 9.17) is 16.3 Å². The van der Waals surface area contributed by atoms with Crippen LogP contribution >= 0.6 is 11.6 Å². The van der Waals surface area contributed by atoms with E-state index >= 15 is 0 Å². The maximum atomic E-state index is 12.5. The molecule has 27 heavy (non-hydrogen) atoms. The van der Waals surface area contributed by atoms with Crippen molar-refractivity contribution in [3.05, 3.63) is 52.5 Å². The fourth-order valence-corrected chi connectivity index (χ4v) is 4.00. The maximum absolute atomic E-state index is 12.5. The quantitative estimate of drug-likeness (QED) is 0.729. The zero-order valence-electron chi connectivity index (χ0n) is 15.7. The number of rotatable bonds is 7. The molecule has 0 aliphatic heterocycles. The smallest absolute Gasteiger partial charge is 0.242 e. The first-order chi connectivity index (χ1) is 12.6. The summed E-state index contributed by atoms with van der Waals surface area (Å²) >= 11 is 6.05. The second kappa shape index (κ2) is 8.73. The Morgan fingerprint density at radius 3 is 2.48 bits per heavy atom. The molecule has 0 aliphatic carbocycles. The van der Waals surface area contributed by atoms with Crippen LogP contribution in [0, 0.1) is 13.8 Å². The Morgan fingerprint density at radius 1 is 1.19 bits per heavy atom. The lowest BCUT2D eigenvalue weighted by Crippen LogP contribution is -2.41. The largest absolute Gasteiger partial charge is 0.492 e. The molecule has 146 valence electrons. The first-order valence-electron chi connectivity index (χ1n) is 8.47. The van der Waals surface area contributed by atoms with Crippen LogP contribution in [0.15, 0.2) is 41.3 Å². The van der Waals surface area contributed by atoms with Crippen LogP contribution < -0.4 is 14.8 Å². The van der Waals surface area contributed by atoms with Crippen molar-refractivity contribution >= 4 is 33.2 Å². The zero-order valence-corrected chi connectivity index (χ0v) is 17.2. The second-order valence-electron chi connectivity index (χ2n) is 6.18. The van der Waals surface area contributed by atoms with E-state index in [1.165, 1.54) is 25.1 Å². The molecule has 0 saturated heterocycles. The number of carbonyl (C=O) groups excluding carboxylic acids is 1. The van der Waals surface area contributed by atoms with E-state index in [0.29, 0.717) is 18.0 Å². The highest BCUT2D eigenvalue weighted by atomic mass is 35.5. The van der Waals surface area contributed by atoms with E-state index in [1.54, 1.807) is 13.0 Å². The monoisotopic (exact) mass is 410 g/mol. The standard InChI is InChI=1S/C19H23ClN2O4S/c1-5-26-18-9-7-15(11-16(18)20)27(24,25)22-14(4)19(23)21-17-8-6-12(2)10-13(17)3/h6-11,14,22H,5H2,1-4H3,(H,21,23)/t14-/m1/s1. The van der Waals surface area contributed by atoms with Gasteiger partial charge in [-0.1, -0.05) is 29.3 Å². The molecular weight excluding hydrogens is 388 g/mol. The molecule has 0 bridgehead atoms. The Kier molecular flexibility index (Phi) is 6.86. The van der Waals surface area contributed by atoms with Gasteiger partial charge in [-0.25, -0.2) is 8.42 Å². The first kappa shape index (κ1) is 21.2. The van der Waals surface area contributed by atoms with Crippen LogP contribution in [0.5, 0.6) is 5.75 Å². The van der Waals surface area contributed by atoms with Gasteiger partial charge in [-0.3, -0.25) is 4.79 Å². The summed E-state index contributed by atoms with van der Waals surface area (Å²) in [5, 5.41) is 2.92. The predicted octanol–water partition coefficient (Wildman–Crippen LogP) is 3.66. The Hall–Kier alpha value is -2.09. The van der Waals surface area contributed by atoms with Gasteiger partial charge >= 0.3 is 0 Å². The van der Waals surface area contributed by atoms with Crippen molar-refractivity contribution in [2.75, 3.05) is 11.9 Å². The Bertz CT molecular complexity index is 945.